The second-order valence-electron chi connectivity index (χ2n) is 10.8. The van der Waals surface area contributed by atoms with Crippen molar-refractivity contribution in [1.82, 2.24) is 0 Å². The first-order chi connectivity index (χ1) is 19.0. The number of benzene rings is 5. The van der Waals surface area contributed by atoms with Gasteiger partial charge in [-0.15, -0.1) is 0 Å². The molecule has 5 aromatic carbocycles. The molecular formula is C36H35O2Si. The van der Waals surface area contributed by atoms with Crippen LogP contribution < -0.4 is 19.5 Å². The zero-order valence-electron chi connectivity index (χ0n) is 22.9. The third-order valence-corrected chi connectivity index (χ3v) is 12.3. The fourth-order valence-corrected chi connectivity index (χ4v) is 10.1. The van der Waals surface area contributed by atoms with Crippen LogP contribution in [-0.4, -0.2) is 8.32 Å². The van der Waals surface area contributed by atoms with Crippen molar-refractivity contribution in [3.05, 3.63) is 163 Å². The van der Waals surface area contributed by atoms with E-state index in [9.17, 15) is 0 Å². The van der Waals surface area contributed by atoms with Crippen LogP contribution in [0, 0.1) is 7.11 Å². The molecule has 1 radical (unpaired) electrons. The molecule has 0 fully saturated rings. The lowest BCUT2D eigenvalue weighted by molar-refractivity contribution is 0.424. The predicted molar refractivity (Wildman–Crippen MR) is 165 cm³/mol. The van der Waals surface area contributed by atoms with Gasteiger partial charge >= 0.3 is 8.32 Å². The zero-order chi connectivity index (χ0) is 27.3. The lowest BCUT2D eigenvalue weighted by Crippen LogP contribution is -2.68. The van der Waals surface area contributed by atoms with E-state index >= 15 is 0 Å². The quantitative estimate of drug-likeness (QED) is 0.150. The third kappa shape index (κ3) is 5.15. The van der Waals surface area contributed by atoms with E-state index in [4.69, 9.17) is 9.16 Å². The summed E-state index contributed by atoms with van der Waals surface area (Å²) in [5.74, 6) is 1.35. The highest BCUT2D eigenvalue weighted by atomic mass is 28.4. The highest BCUT2D eigenvalue weighted by Gasteiger charge is 2.52. The molecule has 0 N–H and O–H groups in total. The fraction of sp³-hybridized carbons (Fsp3) is 0.139. The van der Waals surface area contributed by atoms with E-state index in [1.54, 1.807) is 0 Å². The summed E-state index contributed by atoms with van der Waals surface area (Å²) in [5.41, 5.74) is 3.40. The van der Waals surface area contributed by atoms with Crippen LogP contribution in [0.15, 0.2) is 140 Å². The van der Waals surface area contributed by atoms with Crippen LogP contribution in [0.5, 0.6) is 11.5 Å². The fourth-order valence-electron chi connectivity index (χ4n) is 5.65. The Morgan fingerprint density at radius 2 is 1.00 bits per heavy atom. The third-order valence-electron chi connectivity index (χ3n) is 7.41. The molecule has 195 valence electrons. The highest BCUT2D eigenvalue weighted by molar-refractivity contribution is 7.00. The normalized spacial score (nSPS) is 11.8. The van der Waals surface area contributed by atoms with E-state index in [1.807, 2.05) is 18.2 Å². The Kier molecular flexibility index (Phi) is 7.71. The molecule has 0 bridgehead atoms. The smallest absolute Gasteiger partial charge is 0.320 e. The van der Waals surface area contributed by atoms with Crippen LogP contribution >= 0.6 is 0 Å². The van der Waals surface area contributed by atoms with Crippen molar-refractivity contribution < 1.29 is 9.16 Å². The van der Waals surface area contributed by atoms with E-state index in [-0.39, 0.29) is 11.0 Å². The summed E-state index contributed by atoms with van der Waals surface area (Å²) in [4.78, 5) is 0. The molecule has 0 unspecified atom stereocenters. The van der Waals surface area contributed by atoms with Gasteiger partial charge in [-0.1, -0.05) is 154 Å². The van der Waals surface area contributed by atoms with Crippen molar-refractivity contribution in [2.24, 2.45) is 0 Å². The van der Waals surface area contributed by atoms with Gasteiger partial charge in [0.1, 0.15) is 12.9 Å². The summed E-state index contributed by atoms with van der Waals surface area (Å²) in [5, 5.41) is 2.25. The predicted octanol–water partition coefficient (Wildman–Crippen LogP) is 7.98. The van der Waals surface area contributed by atoms with Crippen molar-refractivity contribution in [1.29, 1.82) is 0 Å². The Hall–Kier alpha value is -4.08. The van der Waals surface area contributed by atoms with E-state index in [2.05, 4.69) is 149 Å². The van der Waals surface area contributed by atoms with Gasteiger partial charge in [-0.25, -0.2) is 0 Å². The minimum Gasteiger partial charge on any atom is -0.531 e. The standard InChI is InChI=1S/C36H35O2Si/c1-36(2,3)39(30-22-13-7-14-23-30,31-24-15-8-16-25-31)38-33-27-17-26-32(35(33)37-4)34(28-18-9-5-10-19-28)29-20-11-6-12-21-29/h5-27,34H,4H2,1-3H3. The number of hydrogen-bond acceptors (Lipinski definition) is 2. The molecule has 0 aliphatic rings. The molecule has 5 rings (SSSR count). The summed E-state index contributed by atoms with van der Waals surface area (Å²) in [6, 6.07) is 48.7. The molecule has 0 amide bonds. The molecule has 0 aliphatic heterocycles. The van der Waals surface area contributed by atoms with E-state index in [0.29, 0.717) is 11.5 Å². The highest BCUT2D eigenvalue weighted by Crippen LogP contribution is 2.45. The lowest BCUT2D eigenvalue weighted by atomic mass is 9.84. The SMILES string of the molecule is [CH2]Oc1c(O[Si](c2ccccc2)(c2ccccc2)C(C)(C)C)cccc1C(c1ccccc1)c1ccccc1. The summed E-state index contributed by atoms with van der Waals surface area (Å²) < 4.78 is 13.4. The lowest BCUT2D eigenvalue weighted by Gasteiger charge is -2.43. The Bertz CT molecular complexity index is 1400. The number of hydrogen-bond donors (Lipinski definition) is 0. The first-order valence-corrected chi connectivity index (χ1v) is 15.3. The topological polar surface area (TPSA) is 18.5 Å². The van der Waals surface area contributed by atoms with Crippen LogP contribution in [-0.2, 0) is 0 Å². The Morgan fingerprint density at radius 3 is 1.41 bits per heavy atom. The monoisotopic (exact) mass is 527 g/mol. The second kappa shape index (κ2) is 11.3. The Balaban J connectivity index is 1.74. The number of ether oxygens (including phenoxy) is 1. The minimum absolute atomic E-state index is 0.0353. The van der Waals surface area contributed by atoms with E-state index in [0.717, 1.165) is 5.56 Å². The van der Waals surface area contributed by atoms with Gasteiger partial charge in [0.2, 0.25) is 0 Å². The molecule has 0 atom stereocenters. The maximum atomic E-state index is 7.40. The van der Waals surface area contributed by atoms with Gasteiger partial charge in [0, 0.05) is 11.5 Å². The van der Waals surface area contributed by atoms with Crippen molar-refractivity contribution >= 4 is 18.7 Å². The average molecular weight is 528 g/mol. The van der Waals surface area contributed by atoms with Gasteiger partial charge < -0.3 is 9.16 Å². The second-order valence-corrected chi connectivity index (χ2v) is 15.1. The van der Waals surface area contributed by atoms with Crippen LogP contribution in [0.25, 0.3) is 0 Å². The average Bonchev–Trinajstić information content (AvgIpc) is 2.97. The molecule has 2 nitrogen and oxygen atoms in total. The number of para-hydroxylation sites is 1. The van der Waals surface area contributed by atoms with Gasteiger partial charge in [-0.2, -0.15) is 0 Å². The molecule has 3 heteroatoms. The molecule has 0 heterocycles. The van der Waals surface area contributed by atoms with Gasteiger partial charge in [0.05, 0.1) is 0 Å². The first-order valence-electron chi connectivity index (χ1n) is 13.4. The van der Waals surface area contributed by atoms with Crippen LogP contribution in [0.3, 0.4) is 0 Å². The molecule has 5 aromatic rings. The Labute approximate surface area is 234 Å². The molecular weight excluding hydrogens is 492 g/mol. The maximum Gasteiger partial charge on any atom is 0.320 e. The molecule has 0 spiro atoms. The van der Waals surface area contributed by atoms with Gasteiger partial charge in [0.15, 0.2) is 5.75 Å². The summed E-state index contributed by atoms with van der Waals surface area (Å²) in [7, 11) is 1.06. The van der Waals surface area contributed by atoms with E-state index in [1.165, 1.54) is 21.5 Å². The molecule has 0 aliphatic carbocycles. The minimum atomic E-state index is -2.86. The summed E-state index contributed by atoms with van der Waals surface area (Å²) in [6.45, 7) is 6.85. The van der Waals surface area contributed by atoms with Crippen molar-refractivity contribution in [2.75, 3.05) is 0 Å². The maximum absolute atomic E-state index is 7.40. The van der Waals surface area contributed by atoms with Crippen LogP contribution in [0.2, 0.25) is 5.04 Å². The molecule has 39 heavy (non-hydrogen) atoms. The number of rotatable bonds is 8. The van der Waals surface area contributed by atoms with Crippen LogP contribution in [0.4, 0.5) is 0 Å². The zero-order valence-corrected chi connectivity index (χ0v) is 23.9. The van der Waals surface area contributed by atoms with Crippen molar-refractivity contribution in [3.63, 3.8) is 0 Å². The Morgan fingerprint density at radius 1 is 0.564 bits per heavy atom. The first kappa shape index (κ1) is 26.5. The van der Waals surface area contributed by atoms with Crippen molar-refractivity contribution in [3.8, 4) is 11.5 Å². The van der Waals surface area contributed by atoms with Gasteiger partial charge in [-0.05, 0) is 32.6 Å². The largest absolute Gasteiger partial charge is 0.531 e. The van der Waals surface area contributed by atoms with Gasteiger partial charge in [-0.3, -0.25) is 0 Å². The summed E-state index contributed by atoms with van der Waals surface area (Å²) in [6.07, 6.45) is 0. The van der Waals surface area contributed by atoms with E-state index < -0.39 is 8.32 Å². The molecule has 0 saturated carbocycles. The summed E-state index contributed by atoms with van der Waals surface area (Å²) >= 11 is 0. The van der Waals surface area contributed by atoms with Crippen LogP contribution in [0.1, 0.15) is 43.4 Å². The molecule has 0 saturated heterocycles. The van der Waals surface area contributed by atoms with Gasteiger partial charge in [0.25, 0.3) is 0 Å². The molecule has 0 aromatic heterocycles. The van der Waals surface area contributed by atoms with Crippen molar-refractivity contribution in [2.45, 2.75) is 31.7 Å².